The molecule has 0 aromatic carbocycles. The van der Waals surface area contributed by atoms with E-state index in [1.165, 1.54) is 4.68 Å². The molecular weight excluding hydrogens is 192 g/mol. The fourth-order valence-electron chi connectivity index (χ4n) is 1.09. The van der Waals surface area contributed by atoms with Crippen LogP contribution in [0.1, 0.15) is 32.6 Å². The highest BCUT2D eigenvalue weighted by molar-refractivity contribution is 5.60. The van der Waals surface area contributed by atoms with Crippen molar-refractivity contribution in [2.45, 2.75) is 33.9 Å². The summed E-state index contributed by atoms with van der Waals surface area (Å²) in [6.45, 7) is 7.62. The van der Waals surface area contributed by atoms with Gasteiger partial charge in [-0.25, -0.2) is 4.68 Å². The predicted octanol–water partition coefficient (Wildman–Crippen LogP) is 1.99. The highest BCUT2D eigenvalue weighted by Crippen LogP contribution is 2.27. The molecule has 4 N–H and O–H groups in total. The number of nitrogen functional groups attached to an aromatic ring is 1. The minimum Gasteiger partial charge on any atom is -0.382 e. The number of nitrogens with zero attached hydrogens (tertiary/aromatic N) is 4. The summed E-state index contributed by atoms with van der Waals surface area (Å²) in [5, 5.41) is 11.7. The summed E-state index contributed by atoms with van der Waals surface area (Å²) in [4.78, 5) is 0. The molecule has 1 unspecified atom stereocenters. The van der Waals surface area contributed by atoms with Crippen LogP contribution in [0.3, 0.4) is 0 Å². The van der Waals surface area contributed by atoms with Gasteiger partial charge >= 0.3 is 0 Å². The Morgan fingerprint density at radius 1 is 1.40 bits per heavy atom. The van der Waals surface area contributed by atoms with Crippen molar-refractivity contribution in [3.05, 3.63) is 5.69 Å². The van der Waals surface area contributed by atoms with Crippen molar-refractivity contribution >= 4 is 11.5 Å². The summed E-state index contributed by atoms with van der Waals surface area (Å²) >= 11 is 0. The normalized spacial score (nSPS) is 12.4. The lowest BCUT2D eigenvalue weighted by atomic mass is 10.4. The summed E-state index contributed by atoms with van der Waals surface area (Å²) in [6, 6.07) is 0. The van der Waals surface area contributed by atoms with Gasteiger partial charge in [0, 0.05) is 7.05 Å². The van der Waals surface area contributed by atoms with Crippen molar-refractivity contribution in [1.82, 2.24) is 9.78 Å². The number of aryl methyl sites for hydroxylation is 1. The lowest BCUT2D eigenvalue weighted by Crippen LogP contribution is -2.17. The first-order valence-electron chi connectivity index (χ1n) is 4.98. The second-order valence-corrected chi connectivity index (χ2v) is 2.80. The standard InChI is InChI=1S/C7H14N6.C2H6/c1-4-6(11-10-3)7(9)13(12-4)5(2)8;1-2/h5H,8-9H2,1-3H3;1-2H3. The maximum Gasteiger partial charge on any atom is 0.151 e. The summed E-state index contributed by atoms with van der Waals surface area (Å²) < 4.78 is 1.53. The molecule has 1 aromatic rings. The van der Waals surface area contributed by atoms with E-state index in [0.717, 1.165) is 5.69 Å². The number of azo groups is 1. The molecular formula is C9H20N6. The van der Waals surface area contributed by atoms with Crippen molar-refractivity contribution in [2.75, 3.05) is 12.8 Å². The first-order valence-corrected chi connectivity index (χ1v) is 4.98. The maximum absolute atomic E-state index is 5.76. The second kappa shape index (κ2) is 6.13. The van der Waals surface area contributed by atoms with Crippen LogP contribution in [0.4, 0.5) is 11.5 Å². The largest absolute Gasteiger partial charge is 0.382 e. The Kier molecular flexibility index (Phi) is 5.54. The van der Waals surface area contributed by atoms with Gasteiger partial charge in [-0.3, -0.25) is 0 Å². The van der Waals surface area contributed by atoms with Gasteiger partial charge in [0.2, 0.25) is 0 Å². The zero-order valence-electron chi connectivity index (χ0n) is 10.0. The van der Waals surface area contributed by atoms with Gasteiger partial charge in [-0.15, -0.1) is 0 Å². The Bertz CT molecular complexity index is 326. The third kappa shape index (κ3) is 3.02. The van der Waals surface area contributed by atoms with Crippen LogP contribution in [0.15, 0.2) is 10.2 Å². The van der Waals surface area contributed by atoms with E-state index in [9.17, 15) is 0 Å². The summed E-state index contributed by atoms with van der Waals surface area (Å²) in [7, 11) is 1.59. The van der Waals surface area contributed by atoms with E-state index in [1.807, 2.05) is 20.8 Å². The third-order valence-corrected chi connectivity index (χ3v) is 1.68. The van der Waals surface area contributed by atoms with Gasteiger partial charge in [-0.2, -0.15) is 15.3 Å². The van der Waals surface area contributed by atoms with Gasteiger partial charge in [0.25, 0.3) is 0 Å². The van der Waals surface area contributed by atoms with Gasteiger partial charge in [0.05, 0.1) is 11.9 Å². The number of hydrogen-bond acceptors (Lipinski definition) is 5. The zero-order chi connectivity index (χ0) is 12.0. The third-order valence-electron chi connectivity index (χ3n) is 1.68. The van der Waals surface area contributed by atoms with Crippen LogP contribution in [0.2, 0.25) is 0 Å². The van der Waals surface area contributed by atoms with Crippen LogP contribution in [0, 0.1) is 6.92 Å². The van der Waals surface area contributed by atoms with Crippen molar-refractivity contribution in [3.8, 4) is 0 Å². The lowest BCUT2D eigenvalue weighted by Gasteiger charge is -2.06. The number of aromatic nitrogens is 2. The molecule has 0 amide bonds. The van der Waals surface area contributed by atoms with Crippen LogP contribution in [0.25, 0.3) is 0 Å². The van der Waals surface area contributed by atoms with Gasteiger partial charge in [-0.1, -0.05) is 13.8 Å². The Morgan fingerprint density at radius 2 is 1.93 bits per heavy atom. The SMILES string of the molecule is CC.CN=Nc1c(C)nn(C(C)N)c1N. The van der Waals surface area contributed by atoms with Crippen LogP contribution >= 0.6 is 0 Å². The number of hydrogen-bond donors (Lipinski definition) is 2. The second-order valence-electron chi connectivity index (χ2n) is 2.80. The molecule has 1 heterocycles. The molecule has 86 valence electrons. The zero-order valence-corrected chi connectivity index (χ0v) is 10.0. The molecule has 1 rings (SSSR count). The van der Waals surface area contributed by atoms with Crippen molar-refractivity contribution in [3.63, 3.8) is 0 Å². The van der Waals surface area contributed by atoms with Crippen LogP contribution in [-0.2, 0) is 0 Å². The summed E-state index contributed by atoms with van der Waals surface area (Å²) in [6.07, 6.45) is -0.250. The van der Waals surface area contributed by atoms with Gasteiger partial charge in [0.15, 0.2) is 5.82 Å². The van der Waals surface area contributed by atoms with E-state index in [-0.39, 0.29) is 6.17 Å². The number of rotatable bonds is 2. The maximum atomic E-state index is 5.76. The fourth-order valence-corrected chi connectivity index (χ4v) is 1.09. The molecule has 0 fully saturated rings. The van der Waals surface area contributed by atoms with Crippen LogP contribution in [-0.4, -0.2) is 16.8 Å². The molecule has 1 aromatic heterocycles. The number of nitrogens with two attached hydrogens (primary N) is 2. The molecule has 0 radical (unpaired) electrons. The van der Waals surface area contributed by atoms with E-state index in [4.69, 9.17) is 11.5 Å². The van der Waals surface area contributed by atoms with Crippen molar-refractivity contribution in [1.29, 1.82) is 0 Å². The minimum absolute atomic E-state index is 0.250. The molecule has 6 nitrogen and oxygen atoms in total. The van der Waals surface area contributed by atoms with Crippen molar-refractivity contribution < 1.29 is 0 Å². The van der Waals surface area contributed by atoms with Crippen molar-refractivity contribution in [2.24, 2.45) is 16.0 Å². The first kappa shape index (κ1) is 13.6. The molecule has 0 spiro atoms. The Hall–Kier alpha value is -1.43. The minimum atomic E-state index is -0.250. The Morgan fingerprint density at radius 3 is 2.27 bits per heavy atom. The average Bonchev–Trinajstić information content (AvgIpc) is 2.49. The summed E-state index contributed by atoms with van der Waals surface area (Å²) in [5.41, 5.74) is 12.7. The average molecular weight is 212 g/mol. The molecule has 0 aliphatic heterocycles. The molecule has 0 aliphatic carbocycles. The lowest BCUT2D eigenvalue weighted by molar-refractivity contribution is 0.514. The quantitative estimate of drug-likeness (QED) is 0.734. The smallest absolute Gasteiger partial charge is 0.151 e. The summed E-state index contributed by atoms with van der Waals surface area (Å²) in [5.74, 6) is 0.457. The molecule has 1 atom stereocenters. The molecule has 6 heteroatoms. The molecule has 15 heavy (non-hydrogen) atoms. The van der Waals surface area contributed by atoms with E-state index in [0.29, 0.717) is 11.5 Å². The van der Waals surface area contributed by atoms with Gasteiger partial charge in [-0.05, 0) is 13.8 Å². The monoisotopic (exact) mass is 212 g/mol. The highest BCUT2D eigenvalue weighted by Gasteiger charge is 2.13. The Balaban J connectivity index is 0.000000921. The van der Waals surface area contributed by atoms with Gasteiger partial charge in [0.1, 0.15) is 5.69 Å². The van der Waals surface area contributed by atoms with E-state index in [2.05, 4.69) is 15.3 Å². The highest BCUT2D eigenvalue weighted by atomic mass is 15.4. The predicted molar refractivity (Wildman–Crippen MR) is 62.1 cm³/mol. The first-order chi connectivity index (χ1) is 7.07. The molecule has 0 saturated carbocycles. The molecule has 0 aliphatic rings. The van der Waals surface area contributed by atoms with Crippen LogP contribution < -0.4 is 11.5 Å². The molecule has 0 saturated heterocycles. The topological polar surface area (TPSA) is 94.6 Å². The van der Waals surface area contributed by atoms with E-state index < -0.39 is 0 Å². The van der Waals surface area contributed by atoms with Gasteiger partial charge < -0.3 is 11.5 Å². The Labute approximate surface area is 90.4 Å². The number of anilines is 1. The fraction of sp³-hybridized carbons (Fsp3) is 0.667. The van der Waals surface area contributed by atoms with E-state index >= 15 is 0 Å². The molecule has 0 bridgehead atoms. The van der Waals surface area contributed by atoms with Crippen LogP contribution in [0.5, 0.6) is 0 Å². The van der Waals surface area contributed by atoms with E-state index in [1.54, 1.807) is 14.0 Å².